The van der Waals surface area contributed by atoms with E-state index in [2.05, 4.69) is 15.6 Å². The van der Waals surface area contributed by atoms with Crippen LogP contribution in [0.3, 0.4) is 0 Å². The van der Waals surface area contributed by atoms with Gasteiger partial charge in [0.1, 0.15) is 18.2 Å². The molecule has 9 heteroatoms. The van der Waals surface area contributed by atoms with Crippen molar-refractivity contribution in [2.45, 2.75) is 26.4 Å². The van der Waals surface area contributed by atoms with Crippen LogP contribution in [0, 0.1) is 11.6 Å². The monoisotopic (exact) mass is 390 g/mol. The molecule has 1 atom stereocenters. The van der Waals surface area contributed by atoms with E-state index in [1.54, 1.807) is 19.1 Å². The number of urea groups is 1. The van der Waals surface area contributed by atoms with Gasteiger partial charge in [-0.2, -0.15) is 0 Å². The minimum Gasteiger partial charge on any atom is -0.478 e. The smallest absolute Gasteiger partial charge is 0.322 e. The number of rotatable bonds is 6. The van der Waals surface area contributed by atoms with Crippen molar-refractivity contribution in [3.63, 3.8) is 0 Å². The molecule has 0 unspecified atom stereocenters. The lowest BCUT2D eigenvalue weighted by atomic mass is 10.1. The number of nitrogens with zero attached hydrogens (tertiary/aromatic N) is 2. The van der Waals surface area contributed by atoms with E-state index in [9.17, 15) is 18.4 Å². The van der Waals surface area contributed by atoms with E-state index >= 15 is 0 Å². The van der Waals surface area contributed by atoms with Gasteiger partial charge in [-0.3, -0.25) is 4.79 Å². The van der Waals surface area contributed by atoms with Crippen molar-refractivity contribution in [2.24, 2.45) is 0 Å². The fraction of sp³-hybridized carbons (Fsp3) is 0.316. The Morgan fingerprint density at radius 3 is 2.86 bits per heavy atom. The van der Waals surface area contributed by atoms with E-state index in [1.807, 2.05) is 6.92 Å². The molecule has 2 heterocycles. The first kappa shape index (κ1) is 19.5. The van der Waals surface area contributed by atoms with E-state index < -0.39 is 29.6 Å². The molecular formula is C19H20F2N4O3. The number of anilines is 1. The van der Waals surface area contributed by atoms with Crippen molar-refractivity contribution in [3.05, 3.63) is 53.2 Å². The van der Waals surface area contributed by atoms with Gasteiger partial charge in [0.15, 0.2) is 0 Å². The van der Waals surface area contributed by atoms with Crippen molar-refractivity contribution < 1.29 is 23.1 Å². The zero-order valence-corrected chi connectivity index (χ0v) is 15.5. The van der Waals surface area contributed by atoms with Gasteiger partial charge in [0, 0.05) is 17.7 Å². The molecule has 0 fully saturated rings. The fourth-order valence-corrected chi connectivity index (χ4v) is 2.91. The Morgan fingerprint density at radius 2 is 2.14 bits per heavy atom. The minimum atomic E-state index is -0.745. The number of carbonyl (C=O) groups is 2. The van der Waals surface area contributed by atoms with Crippen LogP contribution in [-0.4, -0.2) is 35.0 Å². The Bertz CT molecular complexity index is 907. The highest BCUT2D eigenvalue weighted by molar-refractivity contribution is 5.94. The summed E-state index contributed by atoms with van der Waals surface area (Å²) in [5.41, 5.74) is 1.30. The normalized spacial score (nSPS) is 14.1. The van der Waals surface area contributed by atoms with Crippen LogP contribution in [0.1, 0.15) is 31.1 Å². The van der Waals surface area contributed by atoms with Gasteiger partial charge < -0.3 is 20.3 Å². The molecule has 0 bridgehead atoms. The fourth-order valence-electron chi connectivity index (χ4n) is 2.91. The molecule has 148 valence electrons. The predicted octanol–water partition coefficient (Wildman–Crippen LogP) is 2.98. The number of carbonyl (C=O) groups excluding carboxylic acids is 2. The number of hydrogen-bond acceptors (Lipinski definition) is 4. The van der Waals surface area contributed by atoms with Crippen molar-refractivity contribution in [2.75, 3.05) is 18.5 Å². The van der Waals surface area contributed by atoms with Crippen LogP contribution in [0.25, 0.3) is 0 Å². The van der Waals surface area contributed by atoms with Crippen LogP contribution in [0.5, 0.6) is 5.88 Å². The molecule has 0 radical (unpaired) electrons. The summed E-state index contributed by atoms with van der Waals surface area (Å²) in [4.78, 5) is 30.2. The summed E-state index contributed by atoms with van der Waals surface area (Å²) in [7, 11) is 0. The Hall–Kier alpha value is -3.23. The molecule has 7 nitrogen and oxygen atoms in total. The summed E-state index contributed by atoms with van der Waals surface area (Å²) in [6.07, 6.45) is 0. The standard InChI is InChI=1S/C19H20F2N4O3/c1-3-28-18-7-6-15-16(23-18)9-25(19(27)24-15)10-17(26)22-11(2)13-5-4-12(20)8-14(13)21/h4-8,11H,3,9-10H2,1-2H3,(H,22,26)(H,24,27)/t11-/m0/s1. The van der Waals surface area contributed by atoms with E-state index in [1.165, 1.54) is 11.0 Å². The summed E-state index contributed by atoms with van der Waals surface area (Å²) in [6.45, 7) is 3.77. The second-order valence-corrected chi connectivity index (χ2v) is 6.32. The number of ether oxygens (including phenoxy) is 1. The van der Waals surface area contributed by atoms with Crippen LogP contribution >= 0.6 is 0 Å². The molecule has 1 aliphatic heterocycles. The molecule has 0 saturated carbocycles. The van der Waals surface area contributed by atoms with Crippen LogP contribution in [0.4, 0.5) is 19.3 Å². The van der Waals surface area contributed by atoms with Gasteiger partial charge in [0.2, 0.25) is 11.8 Å². The molecule has 1 aliphatic rings. The lowest BCUT2D eigenvalue weighted by molar-refractivity contribution is -0.122. The Labute approximate surface area is 160 Å². The number of amides is 3. The summed E-state index contributed by atoms with van der Waals surface area (Å²) >= 11 is 0. The minimum absolute atomic E-state index is 0.134. The molecular weight excluding hydrogens is 370 g/mol. The largest absolute Gasteiger partial charge is 0.478 e. The zero-order valence-electron chi connectivity index (χ0n) is 15.5. The molecule has 28 heavy (non-hydrogen) atoms. The van der Waals surface area contributed by atoms with Gasteiger partial charge in [-0.05, 0) is 26.0 Å². The van der Waals surface area contributed by atoms with Crippen LogP contribution < -0.4 is 15.4 Å². The first-order chi connectivity index (χ1) is 13.4. The molecule has 3 rings (SSSR count). The number of halogens is 2. The maximum absolute atomic E-state index is 13.9. The summed E-state index contributed by atoms with van der Waals surface area (Å²) in [6, 6.07) is 5.39. The van der Waals surface area contributed by atoms with Gasteiger partial charge >= 0.3 is 6.03 Å². The van der Waals surface area contributed by atoms with Crippen LogP contribution in [0.15, 0.2) is 30.3 Å². The quantitative estimate of drug-likeness (QED) is 0.794. The van der Waals surface area contributed by atoms with Crippen molar-refractivity contribution in [1.29, 1.82) is 0 Å². The summed E-state index contributed by atoms with van der Waals surface area (Å²) in [5.74, 6) is -1.48. The molecule has 1 aromatic heterocycles. The van der Waals surface area contributed by atoms with Gasteiger partial charge in [-0.15, -0.1) is 0 Å². The number of benzene rings is 1. The van der Waals surface area contributed by atoms with Crippen LogP contribution in [-0.2, 0) is 11.3 Å². The average Bonchev–Trinajstić information content (AvgIpc) is 2.62. The molecule has 3 amide bonds. The molecule has 1 aromatic carbocycles. The Kier molecular flexibility index (Phi) is 5.72. The summed E-state index contributed by atoms with van der Waals surface area (Å²) < 4.78 is 32.2. The first-order valence-electron chi connectivity index (χ1n) is 8.80. The van der Waals surface area contributed by atoms with Gasteiger partial charge in [-0.1, -0.05) is 6.07 Å². The summed E-state index contributed by atoms with van der Waals surface area (Å²) in [5, 5.41) is 5.28. The SMILES string of the molecule is CCOc1ccc2c(n1)CN(CC(=O)N[C@@H](C)c1ccc(F)cc1F)C(=O)N2. The van der Waals surface area contributed by atoms with Crippen molar-refractivity contribution in [3.8, 4) is 5.88 Å². The zero-order chi connectivity index (χ0) is 20.3. The molecule has 0 spiro atoms. The molecule has 2 N–H and O–H groups in total. The van der Waals surface area contributed by atoms with Gasteiger partial charge in [-0.25, -0.2) is 18.6 Å². The number of pyridine rings is 1. The maximum atomic E-state index is 13.9. The third kappa shape index (κ3) is 4.36. The topological polar surface area (TPSA) is 83.6 Å². The third-order valence-electron chi connectivity index (χ3n) is 4.25. The highest BCUT2D eigenvalue weighted by Crippen LogP contribution is 2.24. The number of hydrogen-bond donors (Lipinski definition) is 2. The van der Waals surface area contributed by atoms with Gasteiger partial charge in [0.25, 0.3) is 0 Å². The van der Waals surface area contributed by atoms with Gasteiger partial charge in [0.05, 0.1) is 30.6 Å². The van der Waals surface area contributed by atoms with E-state index in [0.29, 0.717) is 23.9 Å². The predicted molar refractivity (Wildman–Crippen MR) is 97.8 cm³/mol. The molecule has 2 aromatic rings. The average molecular weight is 390 g/mol. The highest BCUT2D eigenvalue weighted by atomic mass is 19.1. The first-order valence-corrected chi connectivity index (χ1v) is 8.80. The second kappa shape index (κ2) is 8.20. The lowest BCUT2D eigenvalue weighted by Crippen LogP contribution is -2.45. The number of aromatic nitrogens is 1. The van der Waals surface area contributed by atoms with Crippen LogP contribution in [0.2, 0.25) is 0 Å². The maximum Gasteiger partial charge on any atom is 0.322 e. The Morgan fingerprint density at radius 1 is 1.36 bits per heavy atom. The third-order valence-corrected chi connectivity index (χ3v) is 4.25. The van der Waals surface area contributed by atoms with Crippen molar-refractivity contribution >= 4 is 17.6 Å². The second-order valence-electron chi connectivity index (χ2n) is 6.32. The van der Waals surface area contributed by atoms with E-state index in [-0.39, 0.29) is 18.7 Å². The lowest BCUT2D eigenvalue weighted by Gasteiger charge is -2.28. The van der Waals surface area contributed by atoms with E-state index in [4.69, 9.17) is 4.74 Å². The highest BCUT2D eigenvalue weighted by Gasteiger charge is 2.26. The molecule has 0 saturated heterocycles. The Balaban J connectivity index is 1.65. The van der Waals surface area contributed by atoms with E-state index in [0.717, 1.165) is 12.1 Å². The molecule has 0 aliphatic carbocycles. The number of nitrogens with one attached hydrogen (secondary N) is 2. The van der Waals surface area contributed by atoms with Crippen molar-refractivity contribution in [1.82, 2.24) is 15.2 Å². The number of fused-ring (bicyclic) bond motifs is 1.